The van der Waals surface area contributed by atoms with Crippen LogP contribution in [0.1, 0.15) is 33.1 Å². The molecule has 6 nitrogen and oxygen atoms in total. The van der Waals surface area contributed by atoms with E-state index in [2.05, 4.69) is 32.8 Å². The molecule has 0 spiro atoms. The lowest BCUT2D eigenvalue weighted by molar-refractivity contribution is -0.122. The fourth-order valence-electron chi connectivity index (χ4n) is 3.15. The van der Waals surface area contributed by atoms with Crippen molar-refractivity contribution in [2.24, 2.45) is 4.99 Å². The minimum Gasteiger partial charge on any atom is -0.357 e. The number of hydrogen-bond donors (Lipinski definition) is 3. The molecule has 29 heavy (non-hydrogen) atoms. The second-order valence-electron chi connectivity index (χ2n) is 7.08. The smallest absolute Gasteiger partial charge is 0.234 e. The maximum absolute atomic E-state index is 13.7. The van der Waals surface area contributed by atoms with E-state index in [1.807, 2.05) is 13.0 Å². The van der Waals surface area contributed by atoms with Gasteiger partial charge in [0.15, 0.2) is 5.96 Å². The summed E-state index contributed by atoms with van der Waals surface area (Å²) in [7, 11) is 0. The molecular formula is C21H34FN5OS. The summed E-state index contributed by atoms with van der Waals surface area (Å²) in [6.45, 7) is 8.54. The van der Waals surface area contributed by atoms with Crippen LogP contribution in [0.25, 0.3) is 0 Å². The van der Waals surface area contributed by atoms with E-state index in [4.69, 9.17) is 0 Å². The zero-order chi connectivity index (χ0) is 20.9. The van der Waals surface area contributed by atoms with Crippen LogP contribution < -0.4 is 16.0 Å². The largest absolute Gasteiger partial charge is 0.357 e. The second kappa shape index (κ2) is 13.4. The summed E-state index contributed by atoms with van der Waals surface area (Å²) in [5.74, 6) is 1.46. The zero-order valence-electron chi connectivity index (χ0n) is 17.5. The van der Waals surface area contributed by atoms with Gasteiger partial charge < -0.3 is 16.0 Å². The van der Waals surface area contributed by atoms with E-state index in [9.17, 15) is 9.18 Å². The van der Waals surface area contributed by atoms with Crippen LogP contribution in [0.3, 0.4) is 0 Å². The maximum Gasteiger partial charge on any atom is 0.234 e. The summed E-state index contributed by atoms with van der Waals surface area (Å²) in [5.41, 5.74) is 0. The fraction of sp³-hybridized carbons (Fsp3) is 0.619. The third kappa shape index (κ3) is 9.04. The normalized spacial score (nSPS) is 15.9. The van der Waals surface area contributed by atoms with Gasteiger partial charge in [-0.05, 0) is 38.3 Å². The molecular weight excluding hydrogens is 389 g/mol. The average molecular weight is 424 g/mol. The van der Waals surface area contributed by atoms with Gasteiger partial charge in [0.1, 0.15) is 5.82 Å². The Bertz CT molecular complexity index is 650. The molecule has 0 unspecified atom stereocenters. The van der Waals surface area contributed by atoms with Crippen LogP contribution in [-0.2, 0) is 4.79 Å². The molecule has 8 heteroatoms. The number of rotatable bonds is 10. The van der Waals surface area contributed by atoms with E-state index >= 15 is 0 Å². The fourth-order valence-corrected chi connectivity index (χ4v) is 3.93. The molecule has 0 atom stereocenters. The number of carbonyl (C=O) groups excluding carboxylic acids is 1. The number of amides is 1. The van der Waals surface area contributed by atoms with Gasteiger partial charge in [-0.15, -0.1) is 11.8 Å². The van der Waals surface area contributed by atoms with Crippen molar-refractivity contribution in [3.63, 3.8) is 0 Å². The third-order valence-electron chi connectivity index (χ3n) is 4.67. The average Bonchev–Trinajstić information content (AvgIpc) is 2.72. The van der Waals surface area contributed by atoms with Crippen LogP contribution in [0.15, 0.2) is 34.2 Å². The quantitative estimate of drug-likeness (QED) is 0.233. The van der Waals surface area contributed by atoms with Crippen LogP contribution in [0.4, 0.5) is 4.39 Å². The van der Waals surface area contributed by atoms with E-state index in [0.29, 0.717) is 24.0 Å². The molecule has 1 aromatic carbocycles. The summed E-state index contributed by atoms with van der Waals surface area (Å²) in [4.78, 5) is 19.4. The first-order chi connectivity index (χ1) is 14.1. The first-order valence-electron chi connectivity index (χ1n) is 10.5. The first-order valence-corrected chi connectivity index (χ1v) is 11.5. The van der Waals surface area contributed by atoms with E-state index in [1.54, 1.807) is 12.1 Å². The van der Waals surface area contributed by atoms with Crippen molar-refractivity contribution in [1.29, 1.82) is 0 Å². The van der Waals surface area contributed by atoms with Gasteiger partial charge in [-0.3, -0.25) is 14.7 Å². The van der Waals surface area contributed by atoms with Gasteiger partial charge in [-0.2, -0.15) is 0 Å². The Morgan fingerprint density at radius 2 is 2.00 bits per heavy atom. The standard InChI is InChI=1S/C21H34FN5OS/c1-3-11-24-20(28)16-27-13-9-17(10-14-27)26-21(23-4-2)25-12-15-29-19-8-6-5-7-18(19)22/h5-8,17H,3-4,9-16H2,1-2H3,(H,24,28)(H2,23,25,26). The van der Waals surface area contributed by atoms with Crippen LogP contribution in [0, 0.1) is 5.82 Å². The number of aliphatic imine (C=N–C) groups is 1. The van der Waals surface area contributed by atoms with Gasteiger partial charge in [-0.1, -0.05) is 19.1 Å². The number of halogens is 1. The molecule has 0 bridgehead atoms. The van der Waals surface area contributed by atoms with Crippen LogP contribution in [0.2, 0.25) is 0 Å². The van der Waals surface area contributed by atoms with Gasteiger partial charge >= 0.3 is 0 Å². The molecule has 2 rings (SSSR count). The lowest BCUT2D eigenvalue weighted by Gasteiger charge is -2.32. The lowest BCUT2D eigenvalue weighted by Crippen LogP contribution is -2.50. The monoisotopic (exact) mass is 423 g/mol. The number of piperidine rings is 1. The molecule has 1 aliphatic heterocycles. The van der Waals surface area contributed by atoms with Crippen molar-refractivity contribution < 1.29 is 9.18 Å². The van der Waals surface area contributed by atoms with E-state index < -0.39 is 0 Å². The molecule has 3 N–H and O–H groups in total. The molecule has 1 saturated heterocycles. The number of guanidine groups is 1. The van der Waals surface area contributed by atoms with Crippen LogP contribution in [0.5, 0.6) is 0 Å². The number of thioether (sulfide) groups is 1. The SMILES string of the molecule is CCCNC(=O)CN1CCC(NC(=NCCSc2ccccc2F)NCC)CC1. The van der Waals surface area contributed by atoms with Crippen LogP contribution >= 0.6 is 11.8 Å². The summed E-state index contributed by atoms with van der Waals surface area (Å²) >= 11 is 1.48. The van der Waals surface area contributed by atoms with Gasteiger partial charge in [0.05, 0.1) is 13.1 Å². The molecule has 1 amide bonds. The molecule has 0 aliphatic carbocycles. The minimum atomic E-state index is -0.179. The summed E-state index contributed by atoms with van der Waals surface area (Å²) in [5, 5.41) is 9.72. The molecule has 1 aromatic rings. The molecule has 0 aromatic heterocycles. The van der Waals surface area contributed by atoms with E-state index in [-0.39, 0.29) is 11.7 Å². The van der Waals surface area contributed by atoms with Crippen LogP contribution in [-0.4, -0.2) is 67.8 Å². The van der Waals surface area contributed by atoms with Crippen molar-refractivity contribution in [3.05, 3.63) is 30.1 Å². The Balaban J connectivity index is 1.72. The molecule has 162 valence electrons. The molecule has 0 radical (unpaired) electrons. The molecule has 1 aliphatic rings. The highest BCUT2D eigenvalue weighted by molar-refractivity contribution is 7.99. The van der Waals surface area contributed by atoms with Crippen molar-refractivity contribution in [2.75, 3.05) is 45.0 Å². The summed E-state index contributed by atoms with van der Waals surface area (Å²) in [6.07, 6.45) is 2.92. The number of likely N-dealkylation sites (tertiary alicyclic amines) is 1. The van der Waals surface area contributed by atoms with E-state index in [0.717, 1.165) is 57.2 Å². The highest BCUT2D eigenvalue weighted by Crippen LogP contribution is 2.20. The second-order valence-corrected chi connectivity index (χ2v) is 8.22. The first kappa shape index (κ1) is 23.5. The number of hydrogen-bond acceptors (Lipinski definition) is 4. The van der Waals surface area contributed by atoms with Crippen molar-refractivity contribution in [1.82, 2.24) is 20.9 Å². The molecule has 0 saturated carbocycles. The Kier molecular flexibility index (Phi) is 10.9. The Morgan fingerprint density at radius 3 is 2.69 bits per heavy atom. The number of carbonyl (C=O) groups is 1. The number of nitrogens with one attached hydrogen (secondary N) is 3. The number of nitrogens with zero attached hydrogens (tertiary/aromatic N) is 2. The number of benzene rings is 1. The van der Waals surface area contributed by atoms with Gasteiger partial charge in [0.25, 0.3) is 0 Å². The van der Waals surface area contributed by atoms with Crippen molar-refractivity contribution in [2.45, 2.75) is 44.0 Å². The lowest BCUT2D eigenvalue weighted by atomic mass is 10.1. The van der Waals surface area contributed by atoms with Crippen molar-refractivity contribution in [3.8, 4) is 0 Å². The van der Waals surface area contributed by atoms with Gasteiger partial charge in [-0.25, -0.2) is 4.39 Å². The third-order valence-corrected chi connectivity index (χ3v) is 5.70. The molecule has 1 heterocycles. The molecule has 1 fully saturated rings. The van der Waals surface area contributed by atoms with Gasteiger partial charge in [0, 0.05) is 42.9 Å². The highest BCUT2D eigenvalue weighted by Gasteiger charge is 2.21. The maximum atomic E-state index is 13.7. The predicted octanol–water partition coefficient (Wildman–Crippen LogP) is 2.46. The summed E-state index contributed by atoms with van der Waals surface area (Å²) < 4.78 is 13.7. The Labute approximate surface area is 178 Å². The van der Waals surface area contributed by atoms with Crippen molar-refractivity contribution >= 4 is 23.6 Å². The Morgan fingerprint density at radius 1 is 1.24 bits per heavy atom. The minimum absolute atomic E-state index is 0.112. The topological polar surface area (TPSA) is 68.8 Å². The zero-order valence-corrected chi connectivity index (χ0v) is 18.4. The van der Waals surface area contributed by atoms with Gasteiger partial charge in [0.2, 0.25) is 5.91 Å². The highest BCUT2D eigenvalue weighted by atomic mass is 32.2. The van der Waals surface area contributed by atoms with E-state index in [1.165, 1.54) is 17.8 Å². The Hall–Kier alpha value is -1.80. The predicted molar refractivity (Wildman–Crippen MR) is 119 cm³/mol. The summed E-state index contributed by atoms with van der Waals surface area (Å²) in [6, 6.07) is 7.18.